The molecule has 2 aromatic rings. The Labute approximate surface area is 112 Å². The highest BCUT2D eigenvalue weighted by atomic mass is 32.2. The van der Waals surface area contributed by atoms with Crippen LogP contribution in [-0.4, -0.2) is 15.7 Å². The molecule has 1 aromatic heterocycles. The largest absolute Gasteiger partial charge is 0.470 e. The number of hydrogen-bond donors (Lipinski definition) is 2. The number of rotatable bonds is 5. The normalized spacial score (nSPS) is 11.9. The lowest BCUT2D eigenvalue weighted by atomic mass is 10.2. The van der Waals surface area contributed by atoms with E-state index in [9.17, 15) is 9.36 Å². The standard InChI is InChI=1S/C11H11O6PS/c12-11-9(6-19-7-16-18(13,14)15)5-8-3-1-2-4-10(8)17-11/h1-5H,6-7H2,(H2,13,14,15). The molecule has 2 N–H and O–H groups in total. The van der Waals surface area contributed by atoms with Gasteiger partial charge in [0.15, 0.2) is 0 Å². The molecule has 0 aliphatic rings. The Kier molecular flexibility index (Phi) is 4.44. The smallest absolute Gasteiger partial charge is 0.423 e. The minimum absolute atomic E-state index is 0.198. The number of hydrogen-bond acceptors (Lipinski definition) is 5. The van der Waals surface area contributed by atoms with Crippen LogP contribution in [0.2, 0.25) is 0 Å². The van der Waals surface area contributed by atoms with E-state index < -0.39 is 13.4 Å². The van der Waals surface area contributed by atoms with Gasteiger partial charge in [-0.25, -0.2) is 9.36 Å². The zero-order chi connectivity index (χ0) is 13.9. The van der Waals surface area contributed by atoms with Crippen molar-refractivity contribution in [2.45, 2.75) is 5.75 Å². The molecule has 0 aliphatic heterocycles. The fraction of sp³-hybridized carbons (Fsp3) is 0.182. The Bertz CT molecular complexity index is 676. The third kappa shape index (κ3) is 4.19. The first kappa shape index (κ1) is 14.3. The van der Waals surface area contributed by atoms with Crippen molar-refractivity contribution in [1.29, 1.82) is 0 Å². The molecular formula is C11H11O6PS. The summed E-state index contributed by atoms with van der Waals surface area (Å²) in [5.41, 5.74) is 0.480. The molecule has 0 radical (unpaired) electrons. The van der Waals surface area contributed by atoms with Crippen LogP contribution in [0.4, 0.5) is 0 Å². The van der Waals surface area contributed by atoms with Gasteiger partial charge in [0.25, 0.3) is 0 Å². The molecule has 0 unspecified atom stereocenters. The van der Waals surface area contributed by atoms with Gasteiger partial charge in [0, 0.05) is 16.7 Å². The minimum atomic E-state index is -4.46. The van der Waals surface area contributed by atoms with E-state index in [-0.39, 0.29) is 11.7 Å². The van der Waals surface area contributed by atoms with E-state index in [1.807, 2.05) is 12.1 Å². The van der Waals surface area contributed by atoms with Gasteiger partial charge in [-0.3, -0.25) is 4.52 Å². The summed E-state index contributed by atoms with van der Waals surface area (Å²) in [6, 6.07) is 8.82. The van der Waals surface area contributed by atoms with Crippen LogP contribution in [0.1, 0.15) is 5.56 Å². The van der Waals surface area contributed by atoms with Crippen molar-refractivity contribution in [3.63, 3.8) is 0 Å². The van der Waals surface area contributed by atoms with Gasteiger partial charge in [-0.2, -0.15) is 0 Å². The zero-order valence-corrected chi connectivity index (χ0v) is 11.4. The van der Waals surface area contributed by atoms with E-state index in [0.717, 1.165) is 17.1 Å². The van der Waals surface area contributed by atoms with Crippen molar-refractivity contribution in [3.8, 4) is 0 Å². The molecule has 0 saturated heterocycles. The van der Waals surface area contributed by atoms with Crippen molar-refractivity contribution in [2.75, 3.05) is 5.94 Å². The average molecular weight is 302 g/mol. The lowest BCUT2D eigenvalue weighted by Crippen LogP contribution is -2.06. The molecule has 0 aliphatic carbocycles. The SMILES string of the molecule is O=c1oc2ccccc2cc1CSCOP(=O)(O)O. The second kappa shape index (κ2) is 5.90. The summed E-state index contributed by atoms with van der Waals surface area (Å²) in [5, 5.41) is 0.800. The molecule has 0 spiro atoms. The topological polar surface area (TPSA) is 97.0 Å². The highest BCUT2D eigenvalue weighted by Crippen LogP contribution is 2.37. The number of thioether (sulfide) groups is 1. The summed E-state index contributed by atoms with van der Waals surface area (Å²) in [6.45, 7) is 0. The molecule has 1 heterocycles. The van der Waals surface area contributed by atoms with Gasteiger partial charge in [0.2, 0.25) is 0 Å². The molecule has 0 fully saturated rings. The van der Waals surface area contributed by atoms with Gasteiger partial charge in [-0.05, 0) is 12.1 Å². The molecule has 8 heteroatoms. The van der Waals surface area contributed by atoms with Crippen LogP contribution in [0.15, 0.2) is 39.5 Å². The number of phosphoric ester groups is 1. The molecule has 0 amide bonds. The lowest BCUT2D eigenvalue weighted by molar-refractivity contribution is 0.227. The van der Waals surface area contributed by atoms with Gasteiger partial charge >= 0.3 is 13.4 Å². The van der Waals surface area contributed by atoms with E-state index in [0.29, 0.717) is 11.1 Å². The predicted molar refractivity (Wildman–Crippen MR) is 71.8 cm³/mol. The molecule has 2 rings (SSSR count). The van der Waals surface area contributed by atoms with Gasteiger partial charge < -0.3 is 14.2 Å². The quantitative estimate of drug-likeness (QED) is 0.378. The first-order valence-corrected chi connectivity index (χ1v) is 7.94. The maximum atomic E-state index is 11.6. The van der Waals surface area contributed by atoms with Crippen LogP contribution in [0.3, 0.4) is 0 Å². The van der Waals surface area contributed by atoms with Crippen molar-refractivity contribution >= 4 is 30.6 Å². The first-order valence-electron chi connectivity index (χ1n) is 5.25. The summed E-state index contributed by atoms with van der Waals surface area (Å²) in [5.74, 6) is 0.0592. The zero-order valence-electron chi connectivity index (χ0n) is 9.68. The van der Waals surface area contributed by atoms with E-state index >= 15 is 0 Å². The maximum absolute atomic E-state index is 11.6. The summed E-state index contributed by atoms with van der Waals surface area (Å²) in [4.78, 5) is 28.7. The molecule has 19 heavy (non-hydrogen) atoms. The number of fused-ring (bicyclic) bond motifs is 1. The molecule has 0 atom stereocenters. The third-order valence-electron chi connectivity index (χ3n) is 2.28. The lowest BCUT2D eigenvalue weighted by Gasteiger charge is -2.05. The number of phosphoric acid groups is 1. The highest BCUT2D eigenvalue weighted by Gasteiger charge is 2.13. The van der Waals surface area contributed by atoms with Gasteiger partial charge in [0.05, 0.1) is 0 Å². The maximum Gasteiger partial charge on any atom is 0.470 e. The van der Waals surface area contributed by atoms with Crippen LogP contribution in [-0.2, 0) is 14.8 Å². The fourth-order valence-electron chi connectivity index (χ4n) is 1.46. The summed E-state index contributed by atoms with van der Waals surface area (Å²) in [7, 11) is -4.46. The van der Waals surface area contributed by atoms with Crippen LogP contribution in [0, 0.1) is 0 Å². The van der Waals surface area contributed by atoms with Gasteiger partial charge in [0.1, 0.15) is 11.5 Å². The molecule has 1 aromatic carbocycles. The third-order valence-corrected chi connectivity index (χ3v) is 3.72. The Morgan fingerprint density at radius 1 is 1.32 bits per heavy atom. The summed E-state index contributed by atoms with van der Waals surface area (Å²) < 4.78 is 19.9. The Morgan fingerprint density at radius 3 is 2.79 bits per heavy atom. The Balaban J connectivity index is 2.06. The van der Waals surface area contributed by atoms with E-state index in [4.69, 9.17) is 14.2 Å². The van der Waals surface area contributed by atoms with Gasteiger partial charge in [-0.15, -0.1) is 11.8 Å². The van der Waals surface area contributed by atoms with Crippen LogP contribution in [0.25, 0.3) is 11.0 Å². The molecule has 0 bridgehead atoms. The van der Waals surface area contributed by atoms with E-state index in [1.54, 1.807) is 18.2 Å². The molecule has 6 nitrogen and oxygen atoms in total. The van der Waals surface area contributed by atoms with E-state index in [1.165, 1.54) is 0 Å². The second-order valence-electron chi connectivity index (χ2n) is 3.68. The Hall–Kier alpha value is -1.11. The monoisotopic (exact) mass is 302 g/mol. The Morgan fingerprint density at radius 2 is 2.05 bits per heavy atom. The number of para-hydroxylation sites is 1. The van der Waals surface area contributed by atoms with Crippen molar-refractivity contribution < 1.29 is 23.3 Å². The van der Waals surface area contributed by atoms with Crippen molar-refractivity contribution in [1.82, 2.24) is 0 Å². The molecule has 102 valence electrons. The first-order chi connectivity index (χ1) is 8.96. The summed E-state index contributed by atoms with van der Waals surface area (Å²) in [6.07, 6.45) is 0. The summed E-state index contributed by atoms with van der Waals surface area (Å²) >= 11 is 1.08. The number of benzene rings is 1. The fourth-order valence-corrected chi connectivity index (χ4v) is 2.81. The highest BCUT2D eigenvalue weighted by molar-refractivity contribution is 7.98. The van der Waals surface area contributed by atoms with Crippen molar-refractivity contribution in [3.05, 3.63) is 46.3 Å². The minimum Gasteiger partial charge on any atom is -0.423 e. The predicted octanol–water partition coefficient (Wildman–Crippen LogP) is 2.09. The van der Waals surface area contributed by atoms with Crippen molar-refractivity contribution in [2.24, 2.45) is 0 Å². The van der Waals surface area contributed by atoms with Crippen LogP contribution < -0.4 is 5.63 Å². The molecular weight excluding hydrogens is 291 g/mol. The van der Waals surface area contributed by atoms with Crippen LogP contribution in [0.5, 0.6) is 0 Å². The van der Waals surface area contributed by atoms with Crippen LogP contribution >= 0.6 is 19.6 Å². The van der Waals surface area contributed by atoms with E-state index in [2.05, 4.69) is 4.52 Å². The second-order valence-corrected chi connectivity index (χ2v) is 5.85. The average Bonchev–Trinajstić information content (AvgIpc) is 2.33. The van der Waals surface area contributed by atoms with Gasteiger partial charge in [-0.1, -0.05) is 18.2 Å². The molecule has 0 saturated carbocycles.